The van der Waals surface area contributed by atoms with Crippen LogP contribution < -0.4 is 5.73 Å². The first-order chi connectivity index (χ1) is 22.3. The SMILES string of the molecule is C[C@@H]1C/C=C/C=C/C=C/C=C/[C@H](O[C@@H]2O[C@H](C)[C@@H](O)[C@H](N)[C@@H]2O)C[C@@H]2O[C@](O)(C[C@@H](O)C[C@@H]3O[C@@H]3/C=C/C(=O)O1)C[C@H](O)[C@H]2C(=O)O. The highest BCUT2D eigenvalue weighted by molar-refractivity contribution is 5.82. The Morgan fingerprint density at radius 1 is 0.936 bits per heavy atom. The predicted octanol–water partition coefficient (Wildman–Crippen LogP) is 0.120. The van der Waals surface area contributed by atoms with Crippen LogP contribution in [0.15, 0.2) is 60.8 Å². The van der Waals surface area contributed by atoms with Crippen LogP contribution in [-0.2, 0) is 33.3 Å². The van der Waals surface area contributed by atoms with Gasteiger partial charge in [-0.25, -0.2) is 4.79 Å². The van der Waals surface area contributed by atoms with Crippen molar-refractivity contribution in [1.82, 2.24) is 0 Å². The van der Waals surface area contributed by atoms with E-state index in [9.17, 15) is 40.2 Å². The molecule has 14 atom stereocenters. The molecule has 4 heterocycles. The average molecular weight is 666 g/mol. The number of ether oxygens (including phenoxy) is 5. The molecule has 0 aromatic heterocycles. The quantitative estimate of drug-likeness (QED) is 0.157. The van der Waals surface area contributed by atoms with Crippen LogP contribution in [0.5, 0.6) is 0 Å². The average Bonchev–Trinajstić information content (AvgIpc) is 3.72. The molecule has 14 nitrogen and oxygen atoms in total. The lowest BCUT2D eigenvalue weighted by Gasteiger charge is -2.45. The third kappa shape index (κ3) is 10.6. The lowest BCUT2D eigenvalue weighted by Crippen LogP contribution is -2.61. The van der Waals surface area contributed by atoms with Crippen LogP contribution in [0, 0.1) is 5.92 Å². The molecule has 3 saturated heterocycles. The fraction of sp³-hybridized carbons (Fsp3) is 0.636. The summed E-state index contributed by atoms with van der Waals surface area (Å²) in [5.41, 5.74) is 5.98. The van der Waals surface area contributed by atoms with Gasteiger partial charge in [0.05, 0.1) is 48.8 Å². The monoisotopic (exact) mass is 665 g/mol. The number of hydrogen-bond acceptors (Lipinski definition) is 13. The zero-order chi connectivity index (χ0) is 34.3. The molecule has 0 saturated carbocycles. The fourth-order valence-electron chi connectivity index (χ4n) is 6.00. The third-order valence-electron chi connectivity index (χ3n) is 8.58. The number of carbonyl (C=O) groups excluding carboxylic acids is 1. The highest BCUT2D eigenvalue weighted by atomic mass is 16.7. The Labute approximate surface area is 273 Å². The summed E-state index contributed by atoms with van der Waals surface area (Å²) in [5, 5.41) is 63.9. The van der Waals surface area contributed by atoms with E-state index in [2.05, 4.69) is 0 Å². The molecule has 4 rings (SSSR count). The molecule has 4 aliphatic rings. The number of cyclic esters (lactones) is 1. The van der Waals surface area contributed by atoms with Crippen molar-refractivity contribution in [1.29, 1.82) is 0 Å². The smallest absolute Gasteiger partial charge is 0.330 e. The zero-order valence-corrected chi connectivity index (χ0v) is 26.4. The Morgan fingerprint density at radius 3 is 2.36 bits per heavy atom. The molecule has 0 amide bonds. The molecule has 0 unspecified atom stereocenters. The maximum atomic E-state index is 12.3. The summed E-state index contributed by atoms with van der Waals surface area (Å²) in [6.45, 7) is 3.34. The summed E-state index contributed by atoms with van der Waals surface area (Å²) < 4.78 is 28.5. The molecule has 0 spiro atoms. The highest BCUT2D eigenvalue weighted by Gasteiger charge is 2.51. The topological polar surface area (TPSA) is 231 Å². The van der Waals surface area contributed by atoms with Crippen LogP contribution in [0.4, 0.5) is 0 Å². The van der Waals surface area contributed by atoms with Crippen LogP contribution in [-0.4, -0.2) is 122 Å². The fourth-order valence-corrected chi connectivity index (χ4v) is 6.00. The molecule has 0 aromatic rings. The highest BCUT2D eigenvalue weighted by Crippen LogP contribution is 2.39. The number of nitrogens with two attached hydrogens (primary N) is 1. The van der Waals surface area contributed by atoms with E-state index >= 15 is 0 Å². The number of aliphatic hydroxyl groups is 5. The van der Waals surface area contributed by atoms with Gasteiger partial charge in [-0.3, -0.25) is 4.79 Å². The summed E-state index contributed by atoms with van der Waals surface area (Å²) in [7, 11) is 0. The van der Waals surface area contributed by atoms with Gasteiger partial charge in [0.1, 0.15) is 24.2 Å². The Bertz CT molecular complexity index is 1220. The second kappa shape index (κ2) is 16.6. The number of esters is 1. The van der Waals surface area contributed by atoms with E-state index in [1.807, 2.05) is 6.08 Å². The van der Waals surface area contributed by atoms with Crippen molar-refractivity contribution in [3.63, 3.8) is 0 Å². The molecule has 0 aliphatic carbocycles. The first-order valence-corrected chi connectivity index (χ1v) is 15.9. The second-order valence-corrected chi connectivity index (χ2v) is 12.6. The van der Waals surface area contributed by atoms with Crippen molar-refractivity contribution < 1.29 is 63.9 Å². The largest absolute Gasteiger partial charge is 0.481 e. The Morgan fingerprint density at radius 2 is 1.64 bits per heavy atom. The van der Waals surface area contributed by atoms with E-state index in [0.29, 0.717) is 6.42 Å². The molecular formula is C33H47NO13. The number of rotatable bonds is 3. The van der Waals surface area contributed by atoms with Gasteiger partial charge in [0.2, 0.25) is 0 Å². The Balaban J connectivity index is 1.58. The van der Waals surface area contributed by atoms with Crippen LogP contribution >= 0.6 is 0 Å². The van der Waals surface area contributed by atoms with Crippen LogP contribution in [0.25, 0.3) is 0 Å². The minimum absolute atomic E-state index is 0.0789. The predicted molar refractivity (Wildman–Crippen MR) is 165 cm³/mol. The first-order valence-electron chi connectivity index (χ1n) is 15.9. The molecule has 8 N–H and O–H groups in total. The summed E-state index contributed by atoms with van der Waals surface area (Å²) in [5.74, 6) is -5.45. The lowest BCUT2D eigenvalue weighted by molar-refractivity contribution is -0.308. The van der Waals surface area contributed by atoms with E-state index in [4.69, 9.17) is 29.4 Å². The second-order valence-electron chi connectivity index (χ2n) is 12.6. The minimum atomic E-state index is -2.10. The Hall–Kier alpha value is -2.76. The van der Waals surface area contributed by atoms with Gasteiger partial charge >= 0.3 is 11.9 Å². The van der Waals surface area contributed by atoms with Gasteiger partial charge in [-0.1, -0.05) is 48.6 Å². The molecule has 47 heavy (non-hydrogen) atoms. The van der Waals surface area contributed by atoms with Crippen LogP contribution in [0.3, 0.4) is 0 Å². The van der Waals surface area contributed by atoms with Gasteiger partial charge in [0, 0.05) is 38.2 Å². The number of allylic oxidation sites excluding steroid dienone is 6. The molecule has 2 bridgehead atoms. The summed E-state index contributed by atoms with van der Waals surface area (Å²) in [6, 6.07) is -1.08. The van der Waals surface area contributed by atoms with Gasteiger partial charge in [-0.05, 0) is 19.9 Å². The van der Waals surface area contributed by atoms with E-state index < -0.39 is 97.3 Å². The third-order valence-corrected chi connectivity index (χ3v) is 8.58. The standard InChI is InChI=1S/C33H47NO13/c1-18-10-8-6-4-3-5-7-9-11-21(45-32-30(39)28(34)29(38)19(2)44-32)15-25-27(31(40)41)22(36)17-33(42,47-25)16-20(35)14-24-23(46-24)12-13-26(37)43-18/h3-9,11-13,18-25,27-30,32,35-36,38-39,42H,10,14-17,34H2,1-2H3,(H,40,41)/b4-3+,7-5+,8-6+,11-9+,13-12+/t18-,19-,20+,21+,22+,23-,24+,25+,27-,28+,29-,30+,32+,33-/m1/s1. The lowest BCUT2D eigenvalue weighted by atomic mass is 9.83. The van der Waals surface area contributed by atoms with E-state index in [0.717, 1.165) is 0 Å². The summed E-state index contributed by atoms with van der Waals surface area (Å²) in [4.78, 5) is 24.4. The number of carboxylic acids is 1. The summed E-state index contributed by atoms with van der Waals surface area (Å²) >= 11 is 0. The van der Waals surface area contributed by atoms with Gasteiger partial charge in [-0.15, -0.1) is 0 Å². The van der Waals surface area contributed by atoms with Gasteiger partial charge in [0.25, 0.3) is 0 Å². The van der Waals surface area contributed by atoms with Crippen LogP contribution in [0.1, 0.15) is 46.0 Å². The zero-order valence-electron chi connectivity index (χ0n) is 26.4. The van der Waals surface area contributed by atoms with Crippen molar-refractivity contribution in [2.24, 2.45) is 11.7 Å². The number of epoxide rings is 1. The number of carbonyl (C=O) groups is 2. The van der Waals surface area contributed by atoms with Crippen molar-refractivity contribution in [3.8, 4) is 0 Å². The number of aliphatic carboxylic acids is 1. The molecule has 262 valence electrons. The molecular weight excluding hydrogens is 618 g/mol. The number of hydrogen-bond donors (Lipinski definition) is 7. The van der Waals surface area contributed by atoms with Crippen molar-refractivity contribution in [2.45, 2.75) is 125 Å². The maximum absolute atomic E-state index is 12.3. The number of fused-ring (bicyclic) bond motifs is 3. The van der Waals surface area contributed by atoms with E-state index in [1.54, 1.807) is 56.4 Å². The first kappa shape index (κ1) is 37.1. The van der Waals surface area contributed by atoms with Crippen molar-refractivity contribution >= 4 is 11.9 Å². The molecule has 3 fully saturated rings. The normalized spacial score (nSPS) is 47.2. The minimum Gasteiger partial charge on any atom is -0.481 e. The van der Waals surface area contributed by atoms with Gasteiger partial charge in [-0.2, -0.15) is 0 Å². The van der Waals surface area contributed by atoms with Gasteiger partial charge < -0.3 is 60.1 Å². The van der Waals surface area contributed by atoms with Crippen molar-refractivity contribution in [2.75, 3.05) is 0 Å². The molecule has 0 radical (unpaired) electrons. The van der Waals surface area contributed by atoms with Crippen LogP contribution in [0.2, 0.25) is 0 Å². The molecule has 14 heteroatoms. The Kier molecular flexibility index (Phi) is 13.1. The number of aliphatic hydroxyl groups excluding tert-OH is 4. The number of carboxylic acid groups (broad SMARTS) is 1. The van der Waals surface area contributed by atoms with Crippen molar-refractivity contribution in [3.05, 3.63) is 60.8 Å². The maximum Gasteiger partial charge on any atom is 0.330 e. The summed E-state index contributed by atoms with van der Waals surface area (Å²) in [6.07, 6.45) is 5.25. The van der Waals surface area contributed by atoms with E-state index in [1.165, 1.54) is 12.2 Å². The molecule has 4 aliphatic heterocycles. The molecule has 0 aromatic carbocycles. The van der Waals surface area contributed by atoms with E-state index in [-0.39, 0.29) is 25.4 Å². The van der Waals surface area contributed by atoms with Gasteiger partial charge in [0.15, 0.2) is 12.1 Å².